The number of aromatic nitrogens is 1. The van der Waals surface area contributed by atoms with Crippen molar-refractivity contribution in [1.82, 2.24) is 4.98 Å². The molecule has 0 atom stereocenters. The van der Waals surface area contributed by atoms with Crippen LogP contribution < -0.4 is 10.1 Å². The molecule has 2 aromatic rings. The molecule has 1 N–H and O–H groups in total. The standard InChI is InChI=1S/C13H11FN2O2S/c1-18-11-4-2-9(8-10(11)14)3-5-12(17)16-13-15-6-7-19-13/h2-8H,1H3,(H,15,16,17). The van der Waals surface area contributed by atoms with Crippen LogP contribution in [-0.4, -0.2) is 18.0 Å². The summed E-state index contributed by atoms with van der Waals surface area (Å²) in [7, 11) is 1.40. The number of carbonyl (C=O) groups is 1. The van der Waals surface area contributed by atoms with Gasteiger partial charge in [-0.3, -0.25) is 10.1 Å². The molecule has 0 saturated carbocycles. The molecule has 0 saturated heterocycles. The van der Waals surface area contributed by atoms with E-state index in [1.165, 1.54) is 42.7 Å². The number of nitrogens with zero attached hydrogens (tertiary/aromatic N) is 1. The number of thiazole rings is 1. The van der Waals surface area contributed by atoms with Gasteiger partial charge in [0.2, 0.25) is 5.91 Å². The molecule has 4 nitrogen and oxygen atoms in total. The van der Waals surface area contributed by atoms with Gasteiger partial charge in [-0.15, -0.1) is 11.3 Å². The second-order valence-corrected chi connectivity index (χ2v) is 4.45. The zero-order valence-corrected chi connectivity index (χ0v) is 10.9. The van der Waals surface area contributed by atoms with Gasteiger partial charge in [-0.25, -0.2) is 9.37 Å². The van der Waals surface area contributed by atoms with Gasteiger partial charge < -0.3 is 4.74 Å². The van der Waals surface area contributed by atoms with E-state index in [4.69, 9.17) is 4.74 Å². The van der Waals surface area contributed by atoms with Gasteiger partial charge in [-0.05, 0) is 23.8 Å². The van der Waals surface area contributed by atoms with Crippen LogP contribution >= 0.6 is 11.3 Å². The molecule has 0 aliphatic heterocycles. The van der Waals surface area contributed by atoms with E-state index in [2.05, 4.69) is 10.3 Å². The molecule has 0 unspecified atom stereocenters. The molecule has 0 aliphatic rings. The molecule has 0 aliphatic carbocycles. The minimum absolute atomic E-state index is 0.171. The van der Waals surface area contributed by atoms with E-state index < -0.39 is 5.82 Å². The molecule has 2 rings (SSSR count). The Morgan fingerprint density at radius 2 is 2.37 bits per heavy atom. The molecule has 0 radical (unpaired) electrons. The van der Waals surface area contributed by atoms with Crippen molar-refractivity contribution in [3.8, 4) is 5.75 Å². The van der Waals surface area contributed by atoms with Crippen molar-refractivity contribution in [1.29, 1.82) is 0 Å². The summed E-state index contributed by atoms with van der Waals surface area (Å²) in [5, 5.41) is 4.88. The van der Waals surface area contributed by atoms with Gasteiger partial charge in [0.15, 0.2) is 16.7 Å². The topological polar surface area (TPSA) is 51.2 Å². The SMILES string of the molecule is COc1ccc(C=CC(=O)Nc2nccs2)cc1F. The summed E-state index contributed by atoms with van der Waals surface area (Å²) >= 11 is 1.33. The third-order valence-electron chi connectivity index (χ3n) is 2.27. The lowest BCUT2D eigenvalue weighted by Gasteiger charge is -2.01. The number of carbonyl (C=O) groups excluding carboxylic acids is 1. The predicted molar refractivity (Wildman–Crippen MR) is 72.7 cm³/mol. The van der Waals surface area contributed by atoms with Crippen LogP contribution in [0.3, 0.4) is 0 Å². The second kappa shape index (κ2) is 6.10. The molecule has 0 bridgehead atoms. The van der Waals surface area contributed by atoms with Crippen molar-refractivity contribution in [3.63, 3.8) is 0 Å². The van der Waals surface area contributed by atoms with Gasteiger partial charge in [0.05, 0.1) is 7.11 Å². The highest BCUT2D eigenvalue weighted by molar-refractivity contribution is 7.13. The molecule has 19 heavy (non-hydrogen) atoms. The number of amides is 1. The summed E-state index contributed by atoms with van der Waals surface area (Å²) in [4.78, 5) is 15.5. The van der Waals surface area contributed by atoms with E-state index in [-0.39, 0.29) is 11.7 Å². The molecule has 1 aromatic carbocycles. The Balaban J connectivity index is 2.02. The number of ether oxygens (including phenoxy) is 1. The number of methoxy groups -OCH3 is 1. The zero-order valence-electron chi connectivity index (χ0n) is 10.1. The van der Waals surface area contributed by atoms with Gasteiger partial charge >= 0.3 is 0 Å². The lowest BCUT2D eigenvalue weighted by molar-refractivity contribution is -0.111. The van der Waals surface area contributed by atoms with E-state index in [9.17, 15) is 9.18 Å². The number of rotatable bonds is 4. The summed E-state index contributed by atoms with van der Waals surface area (Å²) < 4.78 is 18.2. The normalized spacial score (nSPS) is 10.6. The van der Waals surface area contributed by atoms with Crippen LogP contribution in [0.1, 0.15) is 5.56 Å². The number of hydrogen-bond acceptors (Lipinski definition) is 4. The minimum Gasteiger partial charge on any atom is -0.494 e. The van der Waals surface area contributed by atoms with E-state index in [1.54, 1.807) is 17.6 Å². The van der Waals surface area contributed by atoms with Crippen molar-refractivity contribution in [2.24, 2.45) is 0 Å². The fraction of sp³-hybridized carbons (Fsp3) is 0.0769. The van der Waals surface area contributed by atoms with Crippen LogP contribution in [0.25, 0.3) is 6.08 Å². The lowest BCUT2D eigenvalue weighted by atomic mass is 10.2. The van der Waals surface area contributed by atoms with E-state index in [0.717, 1.165) is 0 Å². The van der Waals surface area contributed by atoms with Crippen molar-refractivity contribution in [2.45, 2.75) is 0 Å². The van der Waals surface area contributed by atoms with E-state index in [1.807, 2.05) is 0 Å². The summed E-state index contributed by atoms with van der Waals surface area (Å²) in [6.45, 7) is 0. The van der Waals surface area contributed by atoms with Crippen LogP contribution in [0.15, 0.2) is 35.9 Å². The summed E-state index contributed by atoms with van der Waals surface area (Å²) in [6.07, 6.45) is 4.44. The Hall–Kier alpha value is -2.21. The molecule has 98 valence electrons. The third kappa shape index (κ3) is 3.62. The Kier molecular flexibility index (Phi) is 4.25. The van der Waals surface area contributed by atoms with Crippen LogP contribution in [-0.2, 0) is 4.79 Å². The van der Waals surface area contributed by atoms with Crippen molar-refractivity contribution in [2.75, 3.05) is 12.4 Å². The Morgan fingerprint density at radius 3 is 3.00 bits per heavy atom. The van der Waals surface area contributed by atoms with Gasteiger partial charge in [-0.1, -0.05) is 6.07 Å². The van der Waals surface area contributed by atoms with Gasteiger partial charge in [0.1, 0.15) is 0 Å². The number of nitrogens with one attached hydrogen (secondary N) is 1. The van der Waals surface area contributed by atoms with Gasteiger partial charge in [0.25, 0.3) is 0 Å². The smallest absolute Gasteiger partial charge is 0.250 e. The number of anilines is 1. The fourth-order valence-corrected chi connectivity index (χ4v) is 1.92. The van der Waals surface area contributed by atoms with Crippen molar-refractivity contribution >= 4 is 28.5 Å². The molecular formula is C13H11FN2O2S. The summed E-state index contributed by atoms with van der Waals surface area (Å²) in [5.41, 5.74) is 0.576. The number of hydrogen-bond donors (Lipinski definition) is 1. The van der Waals surface area contributed by atoms with Gasteiger partial charge in [-0.2, -0.15) is 0 Å². The Labute approximate surface area is 113 Å². The molecule has 0 spiro atoms. The van der Waals surface area contributed by atoms with Crippen molar-refractivity contribution in [3.05, 3.63) is 47.2 Å². The van der Waals surface area contributed by atoms with Crippen LogP contribution in [0.2, 0.25) is 0 Å². The van der Waals surface area contributed by atoms with Crippen LogP contribution in [0.5, 0.6) is 5.75 Å². The largest absolute Gasteiger partial charge is 0.494 e. The summed E-state index contributed by atoms with van der Waals surface area (Å²) in [6, 6.07) is 4.47. The first-order valence-corrected chi connectivity index (χ1v) is 6.29. The Morgan fingerprint density at radius 1 is 1.53 bits per heavy atom. The molecular weight excluding hydrogens is 267 g/mol. The predicted octanol–water partition coefficient (Wildman–Crippen LogP) is 2.94. The molecule has 1 aromatic heterocycles. The van der Waals surface area contributed by atoms with E-state index in [0.29, 0.717) is 10.7 Å². The minimum atomic E-state index is -0.468. The fourth-order valence-electron chi connectivity index (χ4n) is 1.39. The Bertz CT molecular complexity index is 597. The quantitative estimate of drug-likeness (QED) is 0.875. The molecule has 0 fully saturated rings. The number of halogens is 1. The maximum absolute atomic E-state index is 13.4. The lowest BCUT2D eigenvalue weighted by Crippen LogP contribution is -2.07. The first-order valence-electron chi connectivity index (χ1n) is 5.41. The maximum Gasteiger partial charge on any atom is 0.250 e. The highest BCUT2D eigenvalue weighted by Crippen LogP contribution is 2.18. The average molecular weight is 278 g/mol. The highest BCUT2D eigenvalue weighted by atomic mass is 32.1. The number of benzene rings is 1. The first kappa shape index (κ1) is 13.2. The first-order chi connectivity index (χ1) is 9.19. The van der Waals surface area contributed by atoms with Crippen LogP contribution in [0, 0.1) is 5.82 Å². The average Bonchev–Trinajstić information content (AvgIpc) is 2.89. The van der Waals surface area contributed by atoms with Gasteiger partial charge in [0, 0.05) is 17.7 Å². The van der Waals surface area contributed by atoms with Crippen molar-refractivity contribution < 1.29 is 13.9 Å². The maximum atomic E-state index is 13.4. The van der Waals surface area contributed by atoms with Crippen LogP contribution in [0.4, 0.5) is 9.52 Å². The molecule has 6 heteroatoms. The molecule has 1 amide bonds. The summed E-state index contributed by atoms with van der Waals surface area (Å²) in [5.74, 6) is -0.611. The third-order valence-corrected chi connectivity index (χ3v) is 2.95. The second-order valence-electron chi connectivity index (χ2n) is 3.55. The zero-order chi connectivity index (χ0) is 13.7. The van der Waals surface area contributed by atoms with E-state index >= 15 is 0 Å². The molecule has 1 heterocycles. The monoisotopic (exact) mass is 278 g/mol. The highest BCUT2D eigenvalue weighted by Gasteiger charge is 2.02.